The highest BCUT2D eigenvalue weighted by Crippen LogP contribution is 2.10. The fourth-order valence-corrected chi connectivity index (χ4v) is 1.31. The molecule has 0 spiro atoms. The van der Waals surface area contributed by atoms with Crippen molar-refractivity contribution in [2.45, 2.75) is 13.8 Å². The third kappa shape index (κ3) is 4.21. The number of nitro benzene ring substituents is 1. The number of hydrogen-bond acceptors (Lipinski definition) is 4. The third-order valence-electron chi connectivity index (χ3n) is 2.27. The average Bonchev–Trinajstić information content (AvgIpc) is 2.34. The molecule has 1 aromatic rings. The smallest absolute Gasteiger partial charge is 0.269 e. The quantitative estimate of drug-likeness (QED) is 0.207. The highest BCUT2D eigenvalue weighted by Gasteiger charge is 2.07. The van der Waals surface area contributed by atoms with Gasteiger partial charge in [-0.3, -0.25) is 19.7 Å². The molecule has 96 valence electrons. The Labute approximate surface area is 110 Å². The van der Waals surface area contributed by atoms with E-state index < -0.39 is 4.92 Å². The summed E-state index contributed by atoms with van der Waals surface area (Å²) in [6, 6.07) is 5.68. The minimum Gasteiger partial charge on any atom is -0.294 e. The van der Waals surface area contributed by atoms with Crippen molar-refractivity contribution in [2.75, 3.05) is 0 Å². The molecule has 0 atom stereocenters. The zero-order chi connectivity index (χ0) is 14.4. The van der Waals surface area contributed by atoms with E-state index in [4.69, 9.17) is 0 Å². The SMILES string of the molecule is CC(=O)C(=CC#Cc1ccc([N+](=O)[O-])cc1)C(C)=O. The molecular weight excluding hydrogens is 246 g/mol. The van der Waals surface area contributed by atoms with E-state index in [0.717, 1.165) is 0 Å². The van der Waals surface area contributed by atoms with E-state index in [1.165, 1.54) is 44.2 Å². The first-order valence-corrected chi connectivity index (χ1v) is 5.40. The summed E-state index contributed by atoms with van der Waals surface area (Å²) in [6.07, 6.45) is 1.26. The van der Waals surface area contributed by atoms with Gasteiger partial charge < -0.3 is 0 Å². The lowest BCUT2D eigenvalue weighted by Crippen LogP contribution is -2.05. The lowest BCUT2D eigenvalue weighted by molar-refractivity contribution is -0.384. The van der Waals surface area contributed by atoms with Crippen LogP contribution in [0, 0.1) is 22.0 Å². The molecule has 0 aromatic heterocycles. The maximum atomic E-state index is 11.1. The van der Waals surface area contributed by atoms with Crippen LogP contribution in [0.15, 0.2) is 35.9 Å². The van der Waals surface area contributed by atoms with Crippen LogP contribution in [0.5, 0.6) is 0 Å². The van der Waals surface area contributed by atoms with Gasteiger partial charge in [0.05, 0.1) is 10.5 Å². The number of ketones is 2. The Morgan fingerprint density at radius 1 is 1.16 bits per heavy atom. The van der Waals surface area contributed by atoms with Gasteiger partial charge in [-0.2, -0.15) is 0 Å². The van der Waals surface area contributed by atoms with Crippen molar-refractivity contribution in [3.8, 4) is 11.8 Å². The minimum absolute atomic E-state index is 0.0192. The van der Waals surface area contributed by atoms with Gasteiger partial charge in [0.1, 0.15) is 0 Å². The number of hydrogen-bond donors (Lipinski definition) is 0. The van der Waals surface area contributed by atoms with E-state index in [9.17, 15) is 19.7 Å². The van der Waals surface area contributed by atoms with Gasteiger partial charge in [-0.25, -0.2) is 0 Å². The Bertz CT molecular complexity index is 599. The molecule has 0 aliphatic carbocycles. The van der Waals surface area contributed by atoms with E-state index in [2.05, 4.69) is 11.8 Å². The summed E-state index contributed by atoms with van der Waals surface area (Å²) in [5.74, 6) is 4.60. The molecule has 0 saturated carbocycles. The first-order valence-electron chi connectivity index (χ1n) is 5.40. The Balaban J connectivity index is 2.94. The van der Waals surface area contributed by atoms with Gasteiger partial charge in [0.15, 0.2) is 11.6 Å². The first-order chi connectivity index (χ1) is 8.91. The minimum atomic E-state index is -0.499. The number of nitro groups is 1. The van der Waals surface area contributed by atoms with Gasteiger partial charge in [-0.1, -0.05) is 11.8 Å². The Morgan fingerprint density at radius 2 is 1.68 bits per heavy atom. The van der Waals surface area contributed by atoms with Crippen molar-refractivity contribution in [3.63, 3.8) is 0 Å². The van der Waals surface area contributed by atoms with Crippen LogP contribution in [0.25, 0.3) is 0 Å². The molecule has 5 nitrogen and oxygen atoms in total. The van der Waals surface area contributed by atoms with Crippen LogP contribution >= 0.6 is 0 Å². The van der Waals surface area contributed by atoms with Crippen molar-refractivity contribution in [2.24, 2.45) is 0 Å². The maximum absolute atomic E-state index is 11.1. The predicted molar refractivity (Wildman–Crippen MR) is 69.4 cm³/mol. The molecule has 0 amide bonds. The third-order valence-corrected chi connectivity index (χ3v) is 2.27. The van der Waals surface area contributed by atoms with E-state index in [1.807, 2.05) is 0 Å². The lowest BCUT2D eigenvalue weighted by Gasteiger charge is -1.93. The van der Waals surface area contributed by atoms with Crippen molar-refractivity contribution in [3.05, 3.63) is 51.6 Å². The maximum Gasteiger partial charge on any atom is 0.269 e. The number of allylic oxidation sites excluding steroid dienone is 2. The number of carbonyl (C=O) groups excluding carboxylic acids is 2. The fraction of sp³-hybridized carbons (Fsp3) is 0.143. The number of rotatable bonds is 3. The van der Waals surface area contributed by atoms with Crippen LogP contribution < -0.4 is 0 Å². The topological polar surface area (TPSA) is 77.3 Å². The van der Waals surface area contributed by atoms with E-state index in [-0.39, 0.29) is 22.8 Å². The molecule has 1 aromatic carbocycles. The number of nitrogens with zero attached hydrogens (tertiary/aromatic N) is 1. The highest BCUT2D eigenvalue weighted by molar-refractivity contribution is 6.18. The normalized spacial score (nSPS) is 8.95. The van der Waals surface area contributed by atoms with E-state index >= 15 is 0 Å². The van der Waals surface area contributed by atoms with Crippen LogP contribution in [0.3, 0.4) is 0 Å². The molecular formula is C14H11NO4. The molecule has 0 unspecified atom stereocenters. The van der Waals surface area contributed by atoms with E-state index in [1.54, 1.807) is 0 Å². The van der Waals surface area contributed by atoms with Crippen molar-refractivity contribution < 1.29 is 14.5 Å². The van der Waals surface area contributed by atoms with Gasteiger partial charge in [0, 0.05) is 23.8 Å². The summed E-state index contributed by atoms with van der Waals surface area (Å²) >= 11 is 0. The molecule has 0 heterocycles. The van der Waals surface area contributed by atoms with Crippen LogP contribution in [0.1, 0.15) is 19.4 Å². The second-order valence-electron chi connectivity index (χ2n) is 3.74. The number of Topliss-reactive ketones (excluding diaryl/α,β-unsaturated/α-hetero) is 2. The van der Waals surface area contributed by atoms with Gasteiger partial charge in [0.2, 0.25) is 0 Å². The van der Waals surface area contributed by atoms with Gasteiger partial charge in [-0.15, -0.1) is 0 Å². The van der Waals surface area contributed by atoms with Crippen LogP contribution in [-0.4, -0.2) is 16.5 Å². The van der Waals surface area contributed by atoms with Crippen molar-refractivity contribution in [1.82, 2.24) is 0 Å². The predicted octanol–water partition coefficient (Wildman–Crippen LogP) is 2.05. The van der Waals surface area contributed by atoms with Crippen LogP contribution in [-0.2, 0) is 9.59 Å². The Hall–Kier alpha value is -2.74. The number of benzene rings is 1. The second kappa shape index (κ2) is 6.26. The van der Waals surface area contributed by atoms with Gasteiger partial charge in [-0.05, 0) is 26.0 Å². The lowest BCUT2D eigenvalue weighted by atomic mass is 10.1. The van der Waals surface area contributed by atoms with Crippen LogP contribution in [0.4, 0.5) is 5.69 Å². The molecule has 0 fully saturated rings. The van der Waals surface area contributed by atoms with Gasteiger partial charge >= 0.3 is 0 Å². The average molecular weight is 257 g/mol. The number of non-ortho nitro benzene ring substituents is 1. The summed E-state index contributed by atoms with van der Waals surface area (Å²) in [5, 5.41) is 10.5. The monoisotopic (exact) mass is 257 g/mol. The standard InChI is InChI=1S/C14H11NO4/c1-10(16)14(11(2)17)5-3-4-12-6-8-13(9-7-12)15(18)19/h5-9H,1-2H3. The molecule has 0 aliphatic rings. The van der Waals surface area contributed by atoms with E-state index in [0.29, 0.717) is 5.56 Å². The van der Waals surface area contributed by atoms with Crippen molar-refractivity contribution >= 4 is 17.3 Å². The largest absolute Gasteiger partial charge is 0.294 e. The summed E-state index contributed by atoms with van der Waals surface area (Å²) < 4.78 is 0. The molecule has 0 radical (unpaired) electrons. The second-order valence-corrected chi connectivity index (χ2v) is 3.74. The molecule has 0 saturated heterocycles. The first kappa shape index (κ1) is 14.3. The Kier molecular flexibility index (Phi) is 4.72. The summed E-state index contributed by atoms with van der Waals surface area (Å²) in [7, 11) is 0. The zero-order valence-corrected chi connectivity index (χ0v) is 10.5. The summed E-state index contributed by atoms with van der Waals surface area (Å²) in [5.41, 5.74) is 0.581. The molecule has 1 rings (SSSR count). The fourth-order valence-electron chi connectivity index (χ4n) is 1.31. The molecule has 0 aliphatic heterocycles. The van der Waals surface area contributed by atoms with Gasteiger partial charge in [0.25, 0.3) is 5.69 Å². The molecule has 0 bridgehead atoms. The summed E-state index contributed by atoms with van der Waals surface area (Å²) in [4.78, 5) is 32.2. The molecule has 19 heavy (non-hydrogen) atoms. The van der Waals surface area contributed by atoms with Crippen molar-refractivity contribution in [1.29, 1.82) is 0 Å². The highest BCUT2D eigenvalue weighted by atomic mass is 16.6. The zero-order valence-electron chi connectivity index (χ0n) is 10.5. The Morgan fingerprint density at radius 3 is 2.11 bits per heavy atom. The molecule has 5 heteroatoms. The molecule has 0 N–H and O–H groups in total. The van der Waals surface area contributed by atoms with Crippen LogP contribution in [0.2, 0.25) is 0 Å². The summed E-state index contributed by atoms with van der Waals surface area (Å²) in [6.45, 7) is 2.58. The number of carbonyl (C=O) groups is 2.